The Morgan fingerprint density at radius 3 is 2.45 bits per heavy atom. The van der Waals surface area contributed by atoms with Crippen molar-refractivity contribution >= 4 is 22.8 Å². The van der Waals surface area contributed by atoms with Crippen LogP contribution in [0.4, 0.5) is 0 Å². The van der Waals surface area contributed by atoms with Gasteiger partial charge in [-0.1, -0.05) is 47.7 Å². The van der Waals surface area contributed by atoms with Crippen molar-refractivity contribution in [3.63, 3.8) is 0 Å². The van der Waals surface area contributed by atoms with E-state index < -0.39 is 0 Å². The lowest BCUT2D eigenvalue weighted by molar-refractivity contribution is 0.628. The summed E-state index contributed by atoms with van der Waals surface area (Å²) in [6.07, 6.45) is 0. The Hall–Kier alpha value is -1.81. The molecule has 20 heavy (non-hydrogen) atoms. The molecule has 0 N–H and O–H groups in total. The molecule has 102 valence electrons. The van der Waals surface area contributed by atoms with Gasteiger partial charge in [0, 0.05) is 5.25 Å². The van der Waals surface area contributed by atoms with E-state index in [4.69, 9.17) is 0 Å². The normalized spacial score (nSPS) is 14.3. The predicted molar refractivity (Wildman–Crippen MR) is 84.7 cm³/mol. The van der Waals surface area contributed by atoms with E-state index in [1.54, 1.807) is 0 Å². The highest BCUT2D eigenvalue weighted by Gasteiger charge is 2.15. The van der Waals surface area contributed by atoms with Crippen LogP contribution in [0.15, 0.2) is 54.6 Å². The minimum atomic E-state index is 0.248. The van der Waals surface area contributed by atoms with Gasteiger partial charge in [-0.05, 0) is 31.5 Å². The van der Waals surface area contributed by atoms with E-state index in [-0.39, 0.29) is 5.37 Å². The molecule has 0 bridgehead atoms. The van der Waals surface area contributed by atoms with Crippen LogP contribution in [0.2, 0.25) is 0 Å². The summed E-state index contributed by atoms with van der Waals surface area (Å²) < 4.78 is 2.00. The SMILES string of the molecule is CC(SC(C)n1nnc2ccccc21)c1ccccc1. The molecule has 2 unspecified atom stereocenters. The topological polar surface area (TPSA) is 30.7 Å². The summed E-state index contributed by atoms with van der Waals surface area (Å²) in [7, 11) is 0. The molecule has 0 fully saturated rings. The second-order valence-electron chi connectivity index (χ2n) is 4.81. The van der Waals surface area contributed by atoms with E-state index >= 15 is 0 Å². The van der Waals surface area contributed by atoms with Gasteiger partial charge in [-0.3, -0.25) is 0 Å². The summed E-state index contributed by atoms with van der Waals surface area (Å²) in [6.45, 7) is 4.40. The fourth-order valence-corrected chi connectivity index (χ4v) is 3.49. The second-order valence-corrected chi connectivity index (χ2v) is 6.47. The monoisotopic (exact) mass is 283 g/mol. The number of benzene rings is 2. The summed E-state index contributed by atoms with van der Waals surface area (Å²) in [4.78, 5) is 0. The summed E-state index contributed by atoms with van der Waals surface area (Å²) in [6, 6.07) is 18.6. The Morgan fingerprint density at radius 2 is 1.65 bits per heavy atom. The van der Waals surface area contributed by atoms with Crippen LogP contribution in [0.3, 0.4) is 0 Å². The van der Waals surface area contributed by atoms with Crippen molar-refractivity contribution < 1.29 is 0 Å². The first-order valence-corrected chi connectivity index (χ1v) is 7.70. The zero-order chi connectivity index (χ0) is 13.9. The van der Waals surface area contributed by atoms with Crippen LogP contribution in [-0.2, 0) is 0 Å². The minimum Gasteiger partial charge on any atom is -0.232 e. The number of rotatable bonds is 4. The molecular formula is C16H17N3S. The first-order valence-electron chi connectivity index (χ1n) is 6.76. The molecule has 3 rings (SSSR count). The third-order valence-electron chi connectivity index (χ3n) is 3.39. The molecule has 0 saturated carbocycles. The Balaban J connectivity index is 1.81. The highest BCUT2D eigenvalue weighted by molar-refractivity contribution is 7.99. The Bertz CT molecular complexity index is 693. The first-order chi connectivity index (χ1) is 9.75. The molecule has 4 heteroatoms. The lowest BCUT2D eigenvalue weighted by atomic mass is 10.2. The lowest BCUT2D eigenvalue weighted by Gasteiger charge is -2.18. The van der Waals surface area contributed by atoms with Gasteiger partial charge in [0.15, 0.2) is 0 Å². The maximum atomic E-state index is 4.29. The summed E-state index contributed by atoms with van der Waals surface area (Å²) in [5.74, 6) is 0. The van der Waals surface area contributed by atoms with E-state index in [9.17, 15) is 0 Å². The van der Waals surface area contributed by atoms with E-state index in [0.29, 0.717) is 5.25 Å². The van der Waals surface area contributed by atoms with Crippen LogP contribution in [-0.4, -0.2) is 15.0 Å². The Morgan fingerprint density at radius 1 is 0.950 bits per heavy atom. The Labute approximate surface area is 123 Å². The molecule has 0 spiro atoms. The van der Waals surface area contributed by atoms with E-state index in [1.165, 1.54) is 5.56 Å². The fourth-order valence-electron chi connectivity index (χ4n) is 2.31. The standard InChI is InChI=1S/C16H17N3S/c1-12(14-8-4-3-5-9-14)20-13(2)19-16-11-7-6-10-15(16)17-18-19/h3-13H,1-2H3. The van der Waals surface area contributed by atoms with Crippen LogP contribution in [0, 0.1) is 0 Å². The molecule has 0 saturated heterocycles. The number of hydrogen-bond acceptors (Lipinski definition) is 3. The molecule has 1 aromatic heterocycles. The van der Waals surface area contributed by atoms with E-state index in [0.717, 1.165) is 11.0 Å². The van der Waals surface area contributed by atoms with Gasteiger partial charge in [0.25, 0.3) is 0 Å². The highest BCUT2D eigenvalue weighted by atomic mass is 32.2. The zero-order valence-electron chi connectivity index (χ0n) is 11.6. The molecule has 1 heterocycles. The van der Waals surface area contributed by atoms with Gasteiger partial charge < -0.3 is 0 Å². The lowest BCUT2D eigenvalue weighted by Crippen LogP contribution is -2.05. The molecule has 0 aliphatic rings. The molecular weight excluding hydrogens is 266 g/mol. The van der Waals surface area contributed by atoms with Crippen molar-refractivity contribution in [2.45, 2.75) is 24.5 Å². The van der Waals surface area contributed by atoms with Crippen LogP contribution < -0.4 is 0 Å². The maximum Gasteiger partial charge on any atom is 0.113 e. The smallest absolute Gasteiger partial charge is 0.113 e. The maximum absolute atomic E-state index is 4.29. The van der Waals surface area contributed by atoms with E-state index in [2.05, 4.69) is 60.6 Å². The second kappa shape index (κ2) is 5.67. The molecule has 3 nitrogen and oxygen atoms in total. The molecule has 0 radical (unpaired) electrons. The third kappa shape index (κ3) is 2.56. The molecule has 0 amide bonds. The number of fused-ring (bicyclic) bond motifs is 1. The van der Waals surface area contributed by atoms with Gasteiger partial charge >= 0.3 is 0 Å². The number of hydrogen-bond donors (Lipinski definition) is 0. The third-order valence-corrected chi connectivity index (χ3v) is 4.67. The first kappa shape index (κ1) is 13.2. The van der Waals surface area contributed by atoms with Crippen molar-refractivity contribution in [3.8, 4) is 0 Å². The van der Waals surface area contributed by atoms with Crippen molar-refractivity contribution in [3.05, 3.63) is 60.2 Å². The Kier molecular flexibility index (Phi) is 3.74. The molecule has 3 aromatic rings. The van der Waals surface area contributed by atoms with Gasteiger partial charge in [-0.2, -0.15) is 0 Å². The fraction of sp³-hybridized carbons (Fsp3) is 0.250. The molecule has 2 atom stereocenters. The largest absolute Gasteiger partial charge is 0.232 e. The van der Waals surface area contributed by atoms with Gasteiger partial charge in [-0.25, -0.2) is 4.68 Å². The van der Waals surface area contributed by atoms with Gasteiger partial charge in [0.2, 0.25) is 0 Å². The average molecular weight is 283 g/mol. The molecule has 0 aliphatic carbocycles. The predicted octanol–water partition coefficient (Wildman–Crippen LogP) is 4.44. The van der Waals surface area contributed by atoms with Crippen LogP contribution >= 0.6 is 11.8 Å². The highest BCUT2D eigenvalue weighted by Crippen LogP contribution is 2.37. The number of para-hydroxylation sites is 1. The number of aromatic nitrogens is 3. The summed E-state index contributed by atoms with van der Waals surface area (Å²) in [5, 5.41) is 9.18. The quantitative estimate of drug-likeness (QED) is 0.709. The molecule has 0 aliphatic heterocycles. The van der Waals surface area contributed by atoms with Crippen LogP contribution in [0.5, 0.6) is 0 Å². The summed E-state index contributed by atoms with van der Waals surface area (Å²) in [5.41, 5.74) is 3.38. The van der Waals surface area contributed by atoms with Gasteiger partial charge in [0.1, 0.15) is 5.52 Å². The van der Waals surface area contributed by atoms with Crippen LogP contribution in [0.25, 0.3) is 11.0 Å². The van der Waals surface area contributed by atoms with Gasteiger partial charge in [0.05, 0.1) is 10.9 Å². The van der Waals surface area contributed by atoms with E-state index in [1.807, 2.05) is 34.6 Å². The van der Waals surface area contributed by atoms with Crippen molar-refractivity contribution in [1.29, 1.82) is 0 Å². The average Bonchev–Trinajstić information content (AvgIpc) is 2.92. The number of nitrogens with zero attached hydrogens (tertiary/aromatic N) is 3. The zero-order valence-corrected chi connectivity index (χ0v) is 12.4. The number of thioether (sulfide) groups is 1. The van der Waals surface area contributed by atoms with Crippen molar-refractivity contribution in [2.75, 3.05) is 0 Å². The van der Waals surface area contributed by atoms with Crippen molar-refractivity contribution in [2.24, 2.45) is 0 Å². The minimum absolute atomic E-state index is 0.248. The van der Waals surface area contributed by atoms with Crippen LogP contribution in [0.1, 0.15) is 30.0 Å². The molecule has 2 aromatic carbocycles. The van der Waals surface area contributed by atoms with Crippen molar-refractivity contribution in [1.82, 2.24) is 15.0 Å². The summed E-state index contributed by atoms with van der Waals surface area (Å²) >= 11 is 1.89. The van der Waals surface area contributed by atoms with Gasteiger partial charge in [-0.15, -0.1) is 16.9 Å².